The molecule has 3 rings (SSSR count). The van der Waals surface area contributed by atoms with Gasteiger partial charge >= 0.3 is 6.09 Å². The molecule has 1 aromatic heterocycles. The van der Waals surface area contributed by atoms with E-state index >= 15 is 0 Å². The van der Waals surface area contributed by atoms with E-state index in [0.29, 0.717) is 23.0 Å². The third-order valence-electron chi connectivity index (χ3n) is 6.47. The molecule has 1 unspecified atom stereocenters. The van der Waals surface area contributed by atoms with Crippen LogP contribution >= 0.6 is 0 Å². The molecule has 178 valence electrons. The van der Waals surface area contributed by atoms with Crippen LogP contribution in [0.1, 0.15) is 69.7 Å². The van der Waals surface area contributed by atoms with Crippen LogP contribution in [0.3, 0.4) is 0 Å². The number of hydrogen-bond acceptors (Lipinski definition) is 7. The highest BCUT2D eigenvalue weighted by Gasteiger charge is 2.27. The SMILES string of the molecule is CCCC1CCN(C(=O)OC/C(=C(/N)c2ccc(OC3CCCCC3)c(C)n2)N(C)N)C1. The lowest BCUT2D eigenvalue weighted by Gasteiger charge is -2.24. The molecule has 1 saturated carbocycles. The number of aryl methyl sites for hydroxylation is 1. The maximum atomic E-state index is 12.5. The standard InChI is InChI=1S/C24H39N5O3/c1-4-8-18-13-14-29(15-18)24(30)31-16-21(28(3)26)23(25)20-11-12-22(17(2)27-20)32-19-9-6-5-7-10-19/h11-12,18-19H,4-10,13-16,25-26H2,1-3H3/b23-21-. The highest BCUT2D eigenvalue weighted by molar-refractivity contribution is 5.69. The fraction of sp³-hybridized carbons (Fsp3) is 0.667. The van der Waals surface area contributed by atoms with Gasteiger partial charge in [-0.25, -0.2) is 15.6 Å². The number of ether oxygens (including phenoxy) is 2. The second-order valence-electron chi connectivity index (χ2n) is 9.07. The van der Waals surface area contributed by atoms with Crippen LogP contribution in [0.25, 0.3) is 5.70 Å². The van der Waals surface area contributed by atoms with Gasteiger partial charge in [-0.3, -0.25) is 0 Å². The molecule has 2 heterocycles. The van der Waals surface area contributed by atoms with Crippen LogP contribution in [0, 0.1) is 12.8 Å². The largest absolute Gasteiger partial charge is 0.489 e. The number of carbonyl (C=O) groups is 1. The van der Waals surface area contributed by atoms with Crippen molar-refractivity contribution in [3.05, 3.63) is 29.2 Å². The molecule has 4 N–H and O–H groups in total. The fourth-order valence-electron chi connectivity index (χ4n) is 4.57. The van der Waals surface area contributed by atoms with E-state index in [0.717, 1.165) is 56.6 Å². The number of likely N-dealkylation sites (N-methyl/N-ethyl adjacent to an activating group) is 1. The Labute approximate surface area is 191 Å². The third-order valence-corrected chi connectivity index (χ3v) is 6.47. The molecule has 1 aromatic rings. The lowest BCUT2D eigenvalue weighted by Crippen LogP contribution is -2.34. The van der Waals surface area contributed by atoms with Gasteiger partial charge in [-0.15, -0.1) is 0 Å². The van der Waals surface area contributed by atoms with Crippen LogP contribution in [0.5, 0.6) is 5.75 Å². The minimum absolute atomic E-state index is 0.00629. The van der Waals surface area contributed by atoms with Gasteiger partial charge in [0.15, 0.2) is 0 Å². The first kappa shape index (κ1) is 24.2. The van der Waals surface area contributed by atoms with Gasteiger partial charge in [0.25, 0.3) is 0 Å². The summed E-state index contributed by atoms with van der Waals surface area (Å²) >= 11 is 0. The van der Waals surface area contributed by atoms with E-state index in [2.05, 4.69) is 11.9 Å². The Kier molecular flexibility index (Phi) is 8.61. The summed E-state index contributed by atoms with van der Waals surface area (Å²) in [6, 6.07) is 3.75. The Morgan fingerprint density at radius 3 is 2.66 bits per heavy atom. The number of amides is 1. The highest BCUT2D eigenvalue weighted by atomic mass is 16.6. The summed E-state index contributed by atoms with van der Waals surface area (Å²) in [6.07, 6.45) is 9.13. The topological polar surface area (TPSA) is 107 Å². The first-order chi connectivity index (χ1) is 15.4. The molecular formula is C24H39N5O3. The predicted octanol–water partition coefficient (Wildman–Crippen LogP) is 3.79. The minimum atomic E-state index is -0.323. The van der Waals surface area contributed by atoms with Crippen LogP contribution in [0.2, 0.25) is 0 Å². The minimum Gasteiger partial charge on any atom is -0.489 e. The average molecular weight is 446 g/mol. The van der Waals surface area contributed by atoms with Crippen molar-refractivity contribution in [1.29, 1.82) is 0 Å². The molecule has 8 nitrogen and oxygen atoms in total. The van der Waals surface area contributed by atoms with Gasteiger partial charge in [0.05, 0.1) is 28.9 Å². The quantitative estimate of drug-likeness (QED) is 0.463. The molecule has 2 fully saturated rings. The van der Waals surface area contributed by atoms with Gasteiger partial charge in [-0.2, -0.15) is 0 Å². The van der Waals surface area contributed by atoms with E-state index < -0.39 is 0 Å². The Balaban J connectivity index is 1.65. The number of hydrogen-bond donors (Lipinski definition) is 2. The van der Waals surface area contributed by atoms with Crippen molar-refractivity contribution in [1.82, 2.24) is 14.9 Å². The zero-order chi connectivity index (χ0) is 23.1. The van der Waals surface area contributed by atoms with E-state index in [1.54, 1.807) is 11.9 Å². The molecule has 2 aliphatic rings. The summed E-state index contributed by atoms with van der Waals surface area (Å²) < 4.78 is 11.7. The number of carbonyl (C=O) groups excluding carboxylic acids is 1. The molecule has 0 aromatic carbocycles. The number of pyridine rings is 1. The number of likely N-dealkylation sites (tertiary alicyclic amines) is 1. The molecule has 1 atom stereocenters. The number of hydrazine groups is 1. The summed E-state index contributed by atoms with van der Waals surface area (Å²) in [6.45, 7) is 5.57. The maximum absolute atomic E-state index is 12.5. The van der Waals surface area contributed by atoms with Crippen molar-refractivity contribution >= 4 is 11.8 Å². The number of aromatic nitrogens is 1. The summed E-state index contributed by atoms with van der Waals surface area (Å²) in [7, 11) is 1.68. The van der Waals surface area contributed by atoms with E-state index in [1.165, 1.54) is 24.3 Å². The molecule has 1 aliphatic carbocycles. The van der Waals surface area contributed by atoms with Crippen molar-refractivity contribution < 1.29 is 14.3 Å². The van der Waals surface area contributed by atoms with Crippen LogP contribution in [-0.4, -0.2) is 53.8 Å². The smallest absolute Gasteiger partial charge is 0.410 e. The monoisotopic (exact) mass is 445 g/mol. The van der Waals surface area contributed by atoms with Gasteiger partial charge in [0, 0.05) is 20.1 Å². The summed E-state index contributed by atoms with van der Waals surface area (Å²) in [5, 5.41) is 1.38. The molecule has 1 saturated heterocycles. The molecule has 8 heteroatoms. The van der Waals surface area contributed by atoms with Crippen molar-refractivity contribution in [2.75, 3.05) is 26.7 Å². The average Bonchev–Trinajstić information content (AvgIpc) is 3.24. The van der Waals surface area contributed by atoms with Crippen molar-refractivity contribution in [3.8, 4) is 5.75 Å². The second kappa shape index (κ2) is 11.4. The Hall–Kier alpha value is -2.48. The first-order valence-corrected chi connectivity index (χ1v) is 11.9. The Morgan fingerprint density at radius 1 is 1.25 bits per heavy atom. The van der Waals surface area contributed by atoms with Crippen LogP contribution in [0.4, 0.5) is 4.79 Å². The Morgan fingerprint density at radius 2 is 2.00 bits per heavy atom. The fourth-order valence-corrected chi connectivity index (χ4v) is 4.57. The lowest BCUT2D eigenvalue weighted by molar-refractivity contribution is 0.111. The Bertz CT molecular complexity index is 805. The second-order valence-corrected chi connectivity index (χ2v) is 9.07. The zero-order valence-electron chi connectivity index (χ0n) is 19.8. The highest BCUT2D eigenvalue weighted by Crippen LogP contribution is 2.26. The van der Waals surface area contributed by atoms with E-state index in [-0.39, 0.29) is 18.8 Å². The van der Waals surface area contributed by atoms with Gasteiger partial charge in [-0.1, -0.05) is 19.8 Å². The molecule has 32 heavy (non-hydrogen) atoms. The summed E-state index contributed by atoms with van der Waals surface area (Å²) in [4.78, 5) is 18.9. The van der Waals surface area contributed by atoms with Crippen molar-refractivity contribution in [2.45, 2.75) is 71.3 Å². The molecule has 0 spiro atoms. The van der Waals surface area contributed by atoms with Crippen LogP contribution < -0.4 is 16.3 Å². The van der Waals surface area contributed by atoms with Crippen molar-refractivity contribution in [2.24, 2.45) is 17.5 Å². The molecule has 1 amide bonds. The zero-order valence-corrected chi connectivity index (χ0v) is 19.8. The number of rotatable bonds is 8. The normalized spacial score (nSPS) is 20.1. The van der Waals surface area contributed by atoms with Crippen molar-refractivity contribution in [3.63, 3.8) is 0 Å². The number of nitrogens with zero attached hydrogens (tertiary/aromatic N) is 3. The summed E-state index contributed by atoms with van der Waals surface area (Å²) in [5.74, 6) is 7.36. The number of nitrogens with two attached hydrogens (primary N) is 2. The van der Waals surface area contributed by atoms with Gasteiger partial charge in [0.1, 0.15) is 12.4 Å². The predicted molar refractivity (Wildman–Crippen MR) is 125 cm³/mol. The third kappa shape index (κ3) is 6.28. The molecule has 0 radical (unpaired) electrons. The molecule has 0 bridgehead atoms. The maximum Gasteiger partial charge on any atom is 0.410 e. The van der Waals surface area contributed by atoms with E-state index in [1.807, 2.05) is 19.1 Å². The molecular weight excluding hydrogens is 406 g/mol. The van der Waals surface area contributed by atoms with Crippen LogP contribution in [-0.2, 0) is 4.74 Å². The first-order valence-electron chi connectivity index (χ1n) is 11.9. The van der Waals surface area contributed by atoms with Crippen LogP contribution in [0.15, 0.2) is 17.8 Å². The van der Waals surface area contributed by atoms with Gasteiger partial charge in [0.2, 0.25) is 0 Å². The molecule has 1 aliphatic heterocycles. The van der Waals surface area contributed by atoms with E-state index in [9.17, 15) is 4.79 Å². The lowest BCUT2D eigenvalue weighted by atomic mass is 9.98. The van der Waals surface area contributed by atoms with Gasteiger partial charge < -0.3 is 25.1 Å². The van der Waals surface area contributed by atoms with Gasteiger partial charge in [-0.05, 0) is 63.5 Å². The summed E-state index contributed by atoms with van der Waals surface area (Å²) in [5.41, 5.74) is 8.67. The van der Waals surface area contributed by atoms with E-state index in [4.69, 9.17) is 21.1 Å².